The number of nitrogens with zero attached hydrogens (tertiary/aromatic N) is 2. The number of nitrogens with one attached hydrogen (secondary N) is 1. The second-order valence-electron chi connectivity index (χ2n) is 7.92. The van der Waals surface area contributed by atoms with Gasteiger partial charge in [-0.05, 0) is 39.0 Å². The number of hydrogen-bond acceptors (Lipinski definition) is 6. The molecule has 0 aliphatic carbocycles. The molecule has 0 saturated heterocycles. The largest absolute Gasteiger partial charge is 0.486 e. The molecule has 1 heterocycles. The van der Waals surface area contributed by atoms with Gasteiger partial charge >= 0.3 is 0 Å². The van der Waals surface area contributed by atoms with Gasteiger partial charge in [0.05, 0.1) is 11.4 Å². The Bertz CT molecular complexity index is 1170. The second-order valence-corrected chi connectivity index (χ2v) is 10.1. The Kier molecular flexibility index (Phi) is 8.55. The summed E-state index contributed by atoms with van der Waals surface area (Å²) in [5, 5.41) is 2.65. The summed E-state index contributed by atoms with van der Waals surface area (Å²) in [5.41, 5.74) is 0.433. The molecule has 1 atom stereocenters. The Labute approximate surface area is 204 Å². The van der Waals surface area contributed by atoms with E-state index < -0.39 is 40.2 Å². The van der Waals surface area contributed by atoms with Crippen molar-refractivity contribution in [2.24, 2.45) is 0 Å². The van der Waals surface area contributed by atoms with Crippen LogP contribution in [0.3, 0.4) is 0 Å². The summed E-state index contributed by atoms with van der Waals surface area (Å²) in [6.07, 6.45) is 0. The van der Waals surface area contributed by atoms with Crippen LogP contribution in [0.25, 0.3) is 0 Å². The van der Waals surface area contributed by atoms with Crippen molar-refractivity contribution in [3.63, 3.8) is 0 Å². The van der Waals surface area contributed by atoms with Crippen molar-refractivity contribution in [2.45, 2.75) is 33.4 Å². The van der Waals surface area contributed by atoms with Crippen LogP contribution in [0.2, 0.25) is 0 Å². The first-order chi connectivity index (χ1) is 16.7. The summed E-state index contributed by atoms with van der Waals surface area (Å²) in [6, 6.07) is 9.58. The quantitative estimate of drug-likeness (QED) is 0.529. The summed E-state index contributed by atoms with van der Waals surface area (Å²) in [4.78, 5) is 27.3. The van der Waals surface area contributed by atoms with E-state index in [1.54, 1.807) is 19.1 Å². The molecule has 0 bridgehead atoms. The molecule has 0 fully saturated rings. The van der Waals surface area contributed by atoms with E-state index in [0.717, 1.165) is 4.31 Å². The lowest BCUT2D eigenvalue weighted by atomic mass is 10.1. The molecule has 9 nitrogen and oxygen atoms in total. The maximum atomic E-state index is 14.4. The van der Waals surface area contributed by atoms with E-state index in [1.807, 2.05) is 0 Å². The topological polar surface area (TPSA) is 105 Å². The molecule has 190 valence electrons. The van der Waals surface area contributed by atoms with Crippen LogP contribution < -0.4 is 19.1 Å². The van der Waals surface area contributed by atoms with Crippen molar-refractivity contribution in [3.05, 3.63) is 53.8 Å². The van der Waals surface area contributed by atoms with Crippen molar-refractivity contribution in [2.75, 3.05) is 36.4 Å². The van der Waals surface area contributed by atoms with Gasteiger partial charge in [-0.15, -0.1) is 0 Å². The van der Waals surface area contributed by atoms with Crippen LogP contribution >= 0.6 is 0 Å². The normalized spacial score (nSPS) is 13.6. The Balaban J connectivity index is 1.96. The zero-order valence-corrected chi connectivity index (χ0v) is 20.8. The first-order valence-electron chi connectivity index (χ1n) is 11.4. The average Bonchev–Trinajstić information content (AvgIpc) is 2.86. The van der Waals surface area contributed by atoms with E-state index in [9.17, 15) is 22.4 Å². The van der Waals surface area contributed by atoms with Crippen molar-refractivity contribution in [1.29, 1.82) is 0 Å². The number of carbonyl (C=O) groups is 2. The molecule has 0 radical (unpaired) electrons. The molecule has 3 rings (SSSR count). The van der Waals surface area contributed by atoms with Gasteiger partial charge in [-0.3, -0.25) is 13.9 Å². The number of sulfonamides is 1. The van der Waals surface area contributed by atoms with E-state index in [1.165, 1.54) is 49.1 Å². The van der Waals surface area contributed by atoms with E-state index in [-0.39, 0.29) is 23.5 Å². The molecule has 1 aliphatic rings. The SMILES string of the molecule is CCNC(=O)C(C)N(Cc1ccccc1F)C(=O)CN(c1ccc2c(c1)OCCO2)S(=O)(=O)CC. The molecule has 2 aromatic rings. The standard InChI is InChI=1S/C24H30FN3O6S/c1-4-26-24(30)17(3)27(15-18-8-6-7-9-20(18)25)23(29)16-28(35(31,32)5-2)19-10-11-21-22(14-19)34-13-12-33-21/h6-11,14,17H,4-5,12-13,15-16H2,1-3H3,(H,26,30). The summed E-state index contributed by atoms with van der Waals surface area (Å²) >= 11 is 0. The molecule has 11 heteroatoms. The number of ether oxygens (including phenoxy) is 2. The van der Waals surface area contributed by atoms with Gasteiger partial charge in [0.15, 0.2) is 11.5 Å². The zero-order valence-electron chi connectivity index (χ0n) is 20.0. The van der Waals surface area contributed by atoms with Crippen molar-refractivity contribution >= 4 is 27.5 Å². The number of anilines is 1. The molecule has 2 aromatic carbocycles. The highest BCUT2D eigenvalue weighted by atomic mass is 32.2. The molecule has 35 heavy (non-hydrogen) atoms. The molecule has 0 aromatic heterocycles. The van der Waals surface area contributed by atoms with Gasteiger partial charge in [-0.1, -0.05) is 18.2 Å². The van der Waals surface area contributed by atoms with Gasteiger partial charge in [0.25, 0.3) is 0 Å². The fourth-order valence-corrected chi connectivity index (χ4v) is 4.68. The molecular weight excluding hydrogens is 477 g/mol. The molecule has 0 spiro atoms. The lowest BCUT2D eigenvalue weighted by molar-refractivity contribution is -0.139. The minimum Gasteiger partial charge on any atom is -0.486 e. The Morgan fingerprint density at radius 1 is 1.09 bits per heavy atom. The molecular formula is C24H30FN3O6S. The maximum Gasteiger partial charge on any atom is 0.244 e. The fraction of sp³-hybridized carbons (Fsp3) is 0.417. The predicted octanol–water partition coefficient (Wildman–Crippen LogP) is 2.31. The molecule has 2 amide bonds. The molecule has 1 unspecified atom stereocenters. The Hall–Kier alpha value is -3.34. The summed E-state index contributed by atoms with van der Waals surface area (Å²) in [7, 11) is -3.89. The van der Waals surface area contributed by atoms with Crippen molar-refractivity contribution < 1.29 is 31.9 Å². The van der Waals surface area contributed by atoms with Crippen molar-refractivity contribution in [1.82, 2.24) is 10.2 Å². The number of carbonyl (C=O) groups excluding carboxylic acids is 2. The first kappa shape index (κ1) is 26.3. The minimum atomic E-state index is -3.89. The summed E-state index contributed by atoms with van der Waals surface area (Å²) in [6.45, 7) is 5.00. The van der Waals surface area contributed by atoms with Crippen LogP contribution in [-0.2, 0) is 26.2 Å². The van der Waals surface area contributed by atoms with E-state index in [4.69, 9.17) is 9.47 Å². The number of amides is 2. The number of rotatable bonds is 10. The number of likely N-dealkylation sites (N-methyl/N-ethyl adjacent to an activating group) is 1. The van der Waals surface area contributed by atoms with Gasteiger partial charge < -0.3 is 19.7 Å². The minimum absolute atomic E-state index is 0.203. The smallest absolute Gasteiger partial charge is 0.244 e. The Morgan fingerprint density at radius 3 is 2.43 bits per heavy atom. The number of fused-ring (bicyclic) bond motifs is 1. The van der Waals surface area contributed by atoms with E-state index in [0.29, 0.717) is 31.3 Å². The number of halogens is 1. The predicted molar refractivity (Wildman–Crippen MR) is 129 cm³/mol. The van der Waals surface area contributed by atoms with Gasteiger partial charge in [-0.25, -0.2) is 12.8 Å². The lowest BCUT2D eigenvalue weighted by Gasteiger charge is -2.32. The van der Waals surface area contributed by atoms with E-state index in [2.05, 4.69) is 5.32 Å². The first-order valence-corrected chi connectivity index (χ1v) is 13.0. The van der Waals surface area contributed by atoms with Gasteiger partial charge in [-0.2, -0.15) is 0 Å². The summed E-state index contributed by atoms with van der Waals surface area (Å²) < 4.78 is 52.4. The average molecular weight is 508 g/mol. The van der Waals surface area contributed by atoms with Crippen molar-refractivity contribution in [3.8, 4) is 11.5 Å². The Morgan fingerprint density at radius 2 is 1.77 bits per heavy atom. The third-order valence-corrected chi connectivity index (χ3v) is 7.35. The lowest BCUT2D eigenvalue weighted by Crippen LogP contribution is -2.51. The van der Waals surface area contributed by atoms with Gasteiger partial charge in [0.1, 0.15) is 31.6 Å². The monoisotopic (exact) mass is 507 g/mol. The molecule has 0 saturated carbocycles. The van der Waals surface area contributed by atoms with Crippen LogP contribution in [0, 0.1) is 5.82 Å². The van der Waals surface area contributed by atoms with Crippen LogP contribution in [0.5, 0.6) is 11.5 Å². The zero-order chi connectivity index (χ0) is 25.6. The highest BCUT2D eigenvalue weighted by molar-refractivity contribution is 7.92. The maximum absolute atomic E-state index is 14.4. The molecule has 1 aliphatic heterocycles. The van der Waals surface area contributed by atoms with Crippen LogP contribution in [0.4, 0.5) is 10.1 Å². The molecule has 1 N–H and O–H groups in total. The van der Waals surface area contributed by atoms with Gasteiger partial charge in [0.2, 0.25) is 21.8 Å². The summed E-state index contributed by atoms with van der Waals surface area (Å²) in [5.74, 6) is -1.02. The highest BCUT2D eigenvalue weighted by Gasteiger charge is 2.31. The third-order valence-electron chi connectivity index (χ3n) is 5.61. The van der Waals surface area contributed by atoms with Gasteiger partial charge in [0, 0.05) is 24.7 Å². The van der Waals surface area contributed by atoms with Crippen LogP contribution in [0.15, 0.2) is 42.5 Å². The fourth-order valence-electron chi connectivity index (χ4n) is 3.62. The highest BCUT2D eigenvalue weighted by Crippen LogP contribution is 2.35. The van der Waals surface area contributed by atoms with Crippen LogP contribution in [0.1, 0.15) is 26.3 Å². The van der Waals surface area contributed by atoms with Crippen LogP contribution in [-0.4, -0.2) is 63.2 Å². The second kappa shape index (κ2) is 11.4. The van der Waals surface area contributed by atoms with E-state index >= 15 is 0 Å². The third kappa shape index (κ3) is 6.21. The number of hydrogen-bond donors (Lipinski definition) is 1. The number of benzene rings is 2.